The van der Waals surface area contributed by atoms with E-state index in [1.54, 1.807) is 6.66 Å². The molecule has 0 aliphatic carbocycles. The van der Waals surface area contributed by atoms with E-state index < -0.39 is 25.1 Å². The molecule has 1 aromatic heterocycles. The molecular weight excluding hydrogens is 616 g/mol. The number of halogens is 2. The number of nitrogens with zero attached hydrogens (tertiary/aromatic N) is 7. The second kappa shape index (κ2) is 12.6. The number of hydrogen-bond acceptors (Lipinski definition) is 7. The van der Waals surface area contributed by atoms with E-state index in [4.69, 9.17) is 32.9 Å². The van der Waals surface area contributed by atoms with Crippen LogP contribution in [0.5, 0.6) is 6.01 Å². The van der Waals surface area contributed by atoms with Gasteiger partial charge in [0.05, 0.1) is 10.7 Å². The molecule has 45 heavy (non-hydrogen) atoms. The number of likely N-dealkylation sites (N-methyl/N-ethyl adjacent to an activating group) is 1. The largest absolute Gasteiger partial charge is 0.462 e. The molecule has 13 heteroatoms. The van der Waals surface area contributed by atoms with Crippen molar-refractivity contribution in [3.63, 3.8) is 0 Å². The molecule has 1 unspecified atom stereocenters. The van der Waals surface area contributed by atoms with Crippen molar-refractivity contribution in [3.8, 4) is 6.01 Å². The SMILES string of the molecule is [C-]#[N+]C[C@H]1CN(c2nc(OC[C@@H]3CCCN3C)nc3c2CCN(c2cccc4cccc(Cl)c24)P3(C)=O)CCN1C(=O)C(=C)F. The minimum absolute atomic E-state index is 0.00204. The van der Waals surface area contributed by atoms with E-state index in [-0.39, 0.29) is 31.7 Å². The Morgan fingerprint density at radius 1 is 1.18 bits per heavy atom. The number of aromatic nitrogens is 2. The molecule has 2 aromatic carbocycles. The third-order valence-electron chi connectivity index (χ3n) is 9.13. The number of ether oxygens (including phenoxy) is 1. The lowest BCUT2D eigenvalue weighted by atomic mass is 10.1. The van der Waals surface area contributed by atoms with Crippen LogP contribution in [-0.2, 0) is 15.8 Å². The van der Waals surface area contributed by atoms with E-state index in [0.717, 1.165) is 41.4 Å². The van der Waals surface area contributed by atoms with Crippen LogP contribution in [-0.4, -0.2) is 97.3 Å². The Hall–Kier alpha value is -3.71. The van der Waals surface area contributed by atoms with Crippen LogP contribution in [0, 0.1) is 6.57 Å². The fourth-order valence-electron chi connectivity index (χ4n) is 6.77. The molecule has 236 valence electrons. The van der Waals surface area contributed by atoms with Crippen molar-refractivity contribution in [2.75, 3.05) is 69.2 Å². The average molecular weight is 652 g/mol. The maximum Gasteiger partial charge on any atom is 0.319 e. The Morgan fingerprint density at radius 2 is 1.96 bits per heavy atom. The number of amides is 1. The fourth-order valence-corrected chi connectivity index (χ4v) is 9.32. The van der Waals surface area contributed by atoms with Crippen LogP contribution in [0.2, 0.25) is 5.02 Å². The summed E-state index contributed by atoms with van der Waals surface area (Å²) in [5.74, 6) is -1.28. The number of hydrogen-bond donors (Lipinski definition) is 0. The Morgan fingerprint density at radius 3 is 2.67 bits per heavy atom. The summed E-state index contributed by atoms with van der Waals surface area (Å²) in [5.41, 5.74) is 1.96. The summed E-state index contributed by atoms with van der Waals surface area (Å²) in [7, 11) is -1.27. The number of piperazine rings is 1. The maximum atomic E-state index is 15.0. The average Bonchev–Trinajstić information content (AvgIpc) is 3.44. The van der Waals surface area contributed by atoms with Crippen LogP contribution < -0.4 is 19.7 Å². The van der Waals surface area contributed by atoms with Gasteiger partial charge in [0.15, 0.2) is 5.83 Å². The molecule has 2 saturated heterocycles. The lowest BCUT2D eigenvalue weighted by Crippen LogP contribution is -2.57. The number of anilines is 2. The topological polar surface area (TPSA) is 86.5 Å². The molecule has 3 aliphatic rings. The summed E-state index contributed by atoms with van der Waals surface area (Å²) >= 11 is 6.68. The Balaban J connectivity index is 1.41. The highest BCUT2D eigenvalue weighted by Crippen LogP contribution is 2.53. The van der Waals surface area contributed by atoms with Crippen LogP contribution in [0.3, 0.4) is 0 Å². The summed E-state index contributed by atoms with van der Waals surface area (Å²) in [6, 6.07) is 11.4. The summed E-state index contributed by atoms with van der Waals surface area (Å²) in [6.07, 6.45) is 2.59. The van der Waals surface area contributed by atoms with Crippen molar-refractivity contribution in [1.29, 1.82) is 0 Å². The van der Waals surface area contributed by atoms with Gasteiger partial charge in [0.25, 0.3) is 5.91 Å². The Bertz CT molecular complexity index is 1740. The normalized spacial score (nSPS) is 23.6. The van der Waals surface area contributed by atoms with Crippen LogP contribution in [0.15, 0.2) is 48.8 Å². The molecular formula is C32H36ClFN7O3P. The molecule has 0 N–H and O–H groups in total. The molecule has 3 aromatic rings. The molecule has 3 atom stereocenters. The van der Waals surface area contributed by atoms with Gasteiger partial charge in [-0.25, -0.2) is 11.0 Å². The standard InChI is InChI=1S/C32H36ClFN7O3P/c1-21(34)31(42)40-17-16-39(19-24(40)18-35-2)29-25-13-15-41(27-12-6-9-22-8-5-11-26(33)28(22)27)45(4,43)30(25)37-32(36-29)44-20-23-10-7-14-38(23)3/h5-6,8-9,11-12,23-24H,1,7,10,13-20H2,3-4H3/t23-,24-,45?/m0/s1. The molecule has 4 heterocycles. The van der Waals surface area contributed by atoms with E-state index in [1.807, 2.05) is 46.0 Å². The molecule has 10 nitrogen and oxygen atoms in total. The third-order valence-corrected chi connectivity index (χ3v) is 11.9. The van der Waals surface area contributed by atoms with Gasteiger partial charge in [-0.1, -0.05) is 42.4 Å². The summed E-state index contributed by atoms with van der Waals surface area (Å²) in [6.45, 7) is 15.0. The highest BCUT2D eigenvalue weighted by Gasteiger charge is 2.41. The number of benzene rings is 2. The molecule has 0 saturated carbocycles. The summed E-state index contributed by atoms with van der Waals surface area (Å²) in [4.78, 5) is 31.4. The number of rotatable bonds is 7. The fraction of sp³-hybridized carbons (Fsp3) is 0.438. The van der Waals surface area contributed by atoms with Gasteiger partial charge in [-0.3, -0.25) is 9.36 Å². The van der Waals surface area contributed by atoms with Gasteiger partial charge in [0.2, 0.25) is 13.8 Å². The maximum absolute atomic E-state index is 15.0. The van der Waals surface area contributed by atoms with Gasteiger partial charge in [0.1, 0.15) is 23.9 Å². The first-order chi connectivity index (χ1) is 21.6. The van der Waals surface area contributed by atoms with Crippen molar-refractivity contribution in [3.05, 3.63) is 70.8 Å². The zero-order valence-corrected chi connectivity index (χ0v) is 27.1. The van der Waals surface area contributed by atoms with Crippen molar-refractivity contribution >= 4 is 52.5 Å². The van der Waals surface area contributed by atoms with Crippen LogP contribution in [0.1, 0.15) is 18.4 Å². The van der Waals surface area contributed by atoms with Gasteiger partial charge < -0.3 is 29.0 Å². The number of carbonyl (C=O) groups excluding carboxylic acids is 1. The molecule has 1 amide bonds. The first kappa shape index (κ1) is 31.3. The van der Waals surface area contributed by atoms with Gasteiger partial charge in [-0.15, -0.1) is 0 Å². The Kier molecular flexibility index (Phi) is 8.75. The van der Waals surface area contributed by atoms with E-state index in [2.05, 4.69) is 23.4 Å². The van der Waals surface area contributed by atoms with E-state index in [1.165, 1.54) is 4.90 Å². The molecule has 3 aliphatic heterocycles. The lowest BCUT2D eigenvalue weighted by molar-refractivity contribution is -0.131. The molecule has 6 rings (SSSR count). The first-order valence-electron chi connectivity index (χ1n) is 15.1. The van der Waals surface area contributed by atoms with E-state index >= 15 is 0 Å². The second-order valence-electron chi connectivity index (χ2n) is 11.9. The highest BCUT2D eigenvalue weighted by molar-refractivity contribution is 7.72. The van der Waals surface area contributed by atoms with Crippen LogP contribution in [0.4, 0.5) is 15.9 Å². The van der Waals surface area contributed by atoms with Gasteiger partial charge in [0, 0.05) is 49.8 Å². The van der Waals surface area contributed by atoms with Crippen molar-refractivity contribution in [2.45, 2.75) is 31.3 Å². The zero-order chi connectivity index (χ0) is 31.9. The predicted molar refractivity (Wildman–Crippen MR) is 176 cm³/mol. The number of fused-ring (bicyclic) bond motifs is 2. The predicted octanol–water partition coefficient (Wildman–Crippen LogP) is 4.77. The highest BCUT2D eigenvalue weighted by atomic mass is 35.5. The molecule has 2 fully saturated rings. The minimum Gasteiger partial charge on any atom is -0.462 e. The van der Waals surface area contributed by atoms with Gasteiger partial charge >= 0.3 is 6.01 Å². The lowest BCUT2D eigenvalue weighted by Gasteiger charge is -2.42. The van der Waals surface area contributed by atoms with Crippen molar-refractivity contribution < 1.29 is 18.5 Å². The Labute approximate surface area is 267 Å². The second-order valence-corrected chi connectivity index (χ2v) is 15.0. The molecule has 0 radical (unpaired) electrons. The monoisotopic (exact) mass is 651 g/mol. The summed E-state index contributed by atoms with van der Waals surface area (Å²) < 4.78 is 37.0. The van der Waals surface area contributed by atoms with Gasteiger partial charge in [-0.2, -0.15) is 9.97 Å². The van der Waals surface area contributed by atoms with E-state index in [9.17, 15) is 13.8 Å². The van der Waals surface area contributed by atoms with Crippen LogP contribution >= 0.6 is 18.9 Å². The molecule has 0 bridgehead atoms. The number of carbonyl (C=O) groups is 1. The molecule has 0 spiro atoms. The summed E-state index contributed by atoms with van der Waals surface area (Å²) in [5, 5.41) is 2.36. The minimum atomic E-state index is -3.34. The van der Waals surface area contributed by atoms with Gasteiger partial charge in [-0.05, 0) is 50.4 Å². The smallest absolute Gasteiger partial charge is 0.319 e. The van der Waals surface area contributed by atoms with Crippen LogP contribution in [0.25, 0.3) is 15.6 Å². The van der Waals surface area contributed by atoms with Crippen molar-refractivity contribution in [2.24, 2.45) is 0 Å². The first-order valence-corrected chi connectivity index (χ1v) is 17.6. The van der Waals surface area contributed by atoms with Crippen molar-refractivity contribution in [1.82, 2.24) is 19.8 Å². The quantitative estimate of drug-likeness (QED) is 0.205. The zero-order valence-electron chi connectivity index (χ0n) is 25.5. The number of likely N-dealkylation sites (tertiary alicyclic amines) is 1. The van der Waals surface area contributed by atoms with E-state index in [0.29, 0.717) is 42.4 Å². The third kappa shape index (κ3) is 5.87.